The highest BCUT2D eigenvalue weighted by molar-refractivity contribution is 7.07. The first-order valence-corrected chi connectivity index (χ1v) is 16.5. The van der Waals surface area contributed by atoms with Gasteiger partial charge in [0.05, 0.1) is 48.3 Å². The van der Waals surface area contributed by atoms with E-state index in [1.165, 1.54) is 28.0 Å². The molecule has 2 aliphatic heterocycles. The van der Waals surface area contributed by atoms with E-state index in [-0.39, 0.29) is 30.3 Å². The summed E-state index contributed by atoms with van der Waals surface area (Å²) in [6.45, 7) is 5.92. The van der Waals surface area contributed by atoms with Gasteiger partial charge in [-0.15, -0.1) is 0 Å². The zero-order valence-electron chi connectivity index (χ0n) is 26.5. The van der Waals surface area contributed by atoms with Gasteiger partial charge in [0.25, 0.3) is 11.5 Å². The molecule has 0 bridgehead atoms. The summed E-state index contributed by atoms with van der Waals surface area (Å²) in [5.41, 5.74) is 2.04. The molecule has 3 heterocycles. The Balaban J connectivity index is 1.43. The Bertz CT molecular complexity index is 2020. The van der Waals surface area contributed by atoms with Crippen LogP contribution in [0.25, 0.3) is 11.8 Å². The molecular weight excluding hydrogens is 637 g/mol. The van der Waals surface area contributed by atoms with Crippen molar-refractivity contribution in [1.82, 2.24) is 9.47 Å². The molecule has 10 nitrogen and oxygen atoms in total. The van der Waals surface area contributed by atoms with Crippen LogP contribution in [0.3, 0.4) is 0 Å². The van der Waals surface area contributed by atoms with Crippen molar-refractivity contribution in [3.8, 4) is 11.5 Å². The van der Waals surface area contributed by atoms with E-state index in [0.29, 0.717) is 76.1 Å². The average molecular weight is 672 g/mol. The van der Waals surface area contributed by atoms with E-state index in [2.05, 4.69) is 0 Å². The van der Waals surface area contributed by atoms with Crippen molar-refractivity contribution in [2.24, 2.45) is 4.99 Å². The number of hydrogen-bond donors (Lipinski definition) is 0. The third-order valence-electron chi connectivity index (χ3n) is 7.84. The highest BCUT2D eigenvalue weighted by atomic mass is 32.1. The first kappa shape index (κ1) is 32.9. The minimum absolute atomic E-state index is 0.119. The SMILES string of the molecule is CCOC(=O)C1=C(c2ccccc2)N=c2s/c(=C/c3ccc(OCC(=O)N4CCOCC4)c(OCC)c3)c(=O)n2[C@@H]1c1ccc(F)cc1. The Kier molecular flexibility index (Phi) is 10.1. The minimum atomic E-state index is -0.919. The lowest BCUT2D eigenvalue weighted by molar-refractivity contribution is -0.139. The lowest BCUT2D eigenvalue weighted by Crippen LogP contribution is -2.43. The molecule has 1 fully saturated rings. The Hall–Kier alpha value is -5.07. The molecule has 248 valence electrons. The van der Waals surface area contributed by atoms with E-state index >= 15 is 0 Å². The van der Waals surface area contributed by atoms with Gasteiger partial charge in [0, 0.05) is 18.7 Å². The highest BCUT2D eigenvalue weighted by Gasteiger charge is 2.35. The van der Waals surface area contributed by atoms with Gasteiger partial charge < -0.3 is 23.8 Å². The van der Waals surface area contributed by atoms with E-state index in [0.717, 1.165) is 0 Å². The van der Waals surface area contributed by atoms with Crippen LogP contribution < -0.4 is 24.4 Å². The summed E-state index contributed by atoms with van der Waals surface area (Å²) >= 11 is 1.17. The fourth-order valence-corrected chi connectivity index (χ4v) is 6.60. The van der Waals surface area contributed by atoms with Crippen LogP contribution >= 0.6 is 11.3 Å². The molecule has 0 spiro atoms. The predicted molar refractivity (Wildman–Crippen MR) is 178 cm³/mol. The number of ether oxygens (including phenoxy) is 4. The molecule has 2 aliphatic rings. The number of esters is 1. The highest BCUT2D eigenvalue weighted by Crippen LogP contribution is 2.35. The number of rotatable bonds is 10. The van der Waals surface area contributed by atoms with E-state index in [1.54, 1.807) is 48.2 Å². The summed E-state index contributed by atoms with van der Waals surface area (Å²) in [6.07, 6.45) is 1.72. The van der Waals surface area contributed by atoms with Crippen molar-refractivity contribution < 1.29 is 32.9 Å². The largest absolute Gasteiger partial charge is 0.490 e. The second kappa shape index (κ2) is 14.8. The molecule has 1 amide bonds. The fraction of sp³-hybridized carbons (Fsp3) is 0.278. The van der Waals surface area contributed by atoms with E-state index in [1.807, 2.05) is 37.3 Å². The zero-order chi connectivity index (χ0) is 33.6. The summed E-state index contributed by atoms with van der Waals surface area (Å²) in [6, 6.07) is 19.2. The molecule has 3 aromatic carbocycles. The van der Waals surface area contributed by atoms with Gasteiger partial charge in [-0.2, -0.15) is 0 Å². The summed E-state index contributed by atoms with van der Waals surface area (Å²) in [5.74, 6) is -0.375. The Morgan fingerprint density at radius 1 is 0.979 bits per heavy atom. The number of halogens is 1. The second-order valence-corrected chi connectivity index (χ2v) is 11.9. The number of carbonyl (C=O) groups excluding carboxylic acids is 2. The predicted octanol–water partition coefficient (Wildman–Crippen LogP) is 3.71. The molecule has 1 aromatic heterocycles. The topological polar surface area (TPSA) is 109 Å². The molecular formula is C36H34FN3O7S. The molecule has 12 heteroatoms. The van der Waals surface area contributed by atoms with E-state index in [9.17, 15) is 18.8 Å². The van der Waals surface area contributed by atoms with Crippen LogP contribution in [-0.4, -0.2) is 67.5 Å². The summed E-state index contributed by atoms with van der Waals surface area (Å²) in [4.78, 5) is 47.3. The van der Waals surface area contributed by atoms with Gasteiger partial charge in [-0.25, -0.2) is 14.2 Å². The monoisotopic (exact) mass is 671 g/mol. The number of thiazole rings is 1. The molecule has 1 saturated heterocycles. The van der Waals surface area contributed by atoms with Crippen LogP contribution in [0, 0.1) is 5.82 Å². The number of amides is 1. The summed E-state index contributed by atoms with van der Waals surface area (Å²) in [7, 11) is 0. The first-order valence-electron chi connectivity index (χ1n) is 15.7. The summed E-state index contributed by atoms with van der Waals surface area (Å²) in [5, 5.41) is 0. The quantitative estimate of drug-likeness (QED) is 0.237. The normalized spacial score (nSPS) is 16.3. The summed E-state index contributed by atoms with van der Waals surface area (Å²) < 4.78 is 38.4. The van der Waals surface area contributed by atoms with Gasteiger partial charge in [0.15, 0.2) is 22.9 Å². The maximum absolute atomic E-state index is 14.2. The standard InChI is InChI=1S/C36H34FN3O7S/c1-3-45-28-20-23(10-15-27(28)47-22-30(41)39-16-18-44-19-17-39)21-29-34(42)40-33(25-11-13-26(37)14-12-25)31(35(43)46-4-2)32(38-36(40)48-29)24-8-6-5-7-9-24/h5-15,20-21,33H,3-4,16-19,22H2,1-2H3/b29-21+/t33-/m1/s1. The van der Waals surface area contributed by atoms with Crippen LogP contribution in [0.4, 0.5) is 4.39 Å². The minimum Gasteiger partial charge on any atom is -0.490 e. The van der Waals surface area contributed by atoms with Crippen molar-refractivity contribution in [1.29, 1.82) is 0 Å². The molecule has 0 N–H and O–H groups in total. The number of nitrogens with zero attached hydrogens (tertiary/aromatic N) is 3. The molecule has 0 radical (unpaired) electrons. The number of fused-ring (bicyclic) bond motifs is 1. The van der Waals surface area contributed by atoms with Gasteiger partial charge >= 0.3 is 5.97 Å². The van der Waals surface area contributed by atoms with Gasteiger partial charge in [-0.3, -0.25) is 14.2 Å². The molecule has 4 aromatic rings. The maximum atomic E-state index is 14.2. The van der Waals surface area contributed by atoms with Crippen LogP contribution in [0.5, 0.6) is 11.5 Å². The molecule has 6 rings (SSSR count). The zero-order valence-corrected chi connectivity index (χ0v) is 27.3. The Morgan fingerprint density at radius 3 is 2.44 bits per heavy atom. The third kappa shape index (κ3) is 6.95. The van der Waals surface area contributed by atoms with E-state index in [4.69, 9.17) is 23.9 Å². The van der Waals surface area contributed by atoms with Gasteiger partial charge in [0.1, 0.15) is 5.82 Å². The number of morpholine rings is 1. The Labute approximate surface area is 280 Å². The third-order valence-corrected chi connectivity index (χ3v) is 8.82. The van der Waals surface area contributed by atoms with Crippen LogP contribution in [0.15, 0.2) is 88.2 Å². The number of benzene rings is 3. The number of carbonyl (C=O) groups is 2. The number of hydrogen-bond acceptors (Lipinski definition) is 9. The molecule has 0 aliphatic carbocycles. The average Bonchev–Trinajstić information content (AvgIpc) is 3.42. The van der Waals surface area contributed by atoms with Crippen LogP contribution in [0.2, 0.25) is 0 Å². The fourth-order valence-electron chi connectivity index (χ4n) is 5.60. The first-order chi connectivity index (χ1) is 23.4. The van der Waals surface area contributed by atoms with E-state index < -0.39 is 17.8 Å². The molecule has 0 unspecified atom stereocenters. The lowest BCUT2D eigenvalue weighted by Gasteiger charge is -2.26. The van der Waals surface area contributed by atoms with Crippen molar-refractivity contribution in [3.63, 3.8) is 0 Å². The van der Waals surface area contributed by atoms with Gasteiger partial charge in [-0.1, -0.05) is 59.9 Å². The van der Waals surface area contributed by atoms with Gasteiger partial charge in [-0.05, 0) is 55.3 Å². The smallest absolute Gasteiger partial charge is 0.338 e. The van der Waals surface area contributed by atoms with Crippen molar-refractivity contribution in [3.05, 3.63) is 121 Å². The van der Waals surface area contributed by atoms with Crippen LogP contribution in [0.1, 0.15) is 36.6 Å². The van der Waals surface area contributed by atoms with Crippen molar-refractivity contribution in [2.45, 2.75) is 19.9 Å². The second-order valence-electron chi connectivity index (χ2n) is 10.9. The maximum Gasteiger partial charge on any atom is 0.338 e. The van der Waals surface area contributed by atoms with Crippen molar-refractivity contribution in [2.75, 3.05) is 46.1 Å². The van der Waals surface area contributed by atoms with Crippen LogP contribution in [-0.2, 0) is 19.1 Å². The molecule has 1 atom stereocenters. The molecule has 0 saturated carbocycles. The lowest BCUT2D eigenvalue weighted by atomic mass is 9.93. The Morgan fingerprint density at radius 2 is 1.73 bits per heavy atom. The van der Waals surface area contributed by atoms with Gasteiger partial charge in [0.2, 0.25) is 0 Å². The number of aromatic nitrogens is 1. The van der Waals surface area contributed by atoms with Crippen molar-refractivity contribution >= 4 is 35.0 Å². The molecule has 48 heavy (non-hydrogen) atoms.